The monoisotopic (exact) mass is 1040 g/mol. The van der Waals surface area contributed by atoms with E-state index < -0.39 is 86.8 Å². The van der Waals surface area contributed by atoms with Crippen molar-refractivity contribution < 1.29 is 64.6 Å². The van der Waals surface area contributed by atoms with Gasteiger partial charge in [-0.3, -0.25) is 4.79 Å². The molecule has 2 fully saturated rings. The largest absolute Gasteiger partial charge is 0.394 e. The Morgan fingerprint density at radius 3 is 1.34 bits per heavy atom. The normalized spacial score (nSPS) is 25.5. The number of carbonyl (C=O) groups excluding carboxylic acids is 1. The quantitative estimate of drug-likeness (QED) is 0.0204. The number of ether oxygens (including phenoxy) is 4. The van der Waals surface area contributed by atoms with E-state index in [1.807, 2.05) is 6.08 Å². The van der Waals surface area contributed by atoms with Gasteiger partial charge in [-0.15, -0.1) is 0 Å². The minimum atomic E-state index is -1.79. The molecule has 0 bridgehead atoms. The molecule has 2 aliphatic heterocycles. The van der Waals surface area contributed by atoms with Gasteiger partial charge in [-0.2, -0.15) is 0 Å². The first-order chi connectivity index (χ1) is 35.6. The minimum absolute atomic E-state index is 0.248. The van der Waals surface area contributed by atoms with E-state index in [0.29, 0.717) is 6.42 Å². The first-order valence-electron chi connectivity index (χ1n) is 30.1. The van der Waals surface area contributed by atoms with Gasteiger partial charge in [0.1, 0.15) is 48.8 Å². The van der Waals surface area contributed by atoms with Gasteiger partial charge in [0.15, 0.2) is 12.6 Å². The second kappa shape index (κ2) is 45.5. The topological polar surface area (TPSA) is 228 Å². The van der Waals surface area contributed by atoms with Crippen molar-refractivity contribution in [3.05, 3.63) is 24.3 Å². The molecule has 12 atom stereocenters. The predicted octanol–water partition coefficient (Wildman–Crippen LogP) is 10.1. The second-order valence-corrected chi connectivity index (χ2v) is 21.5. The van der Waals surface area contributed by atoms with Crippen molar-refractivity contribution in [3.8, 4) is 0 Å². The first kappa shape index (κ1) is 67.6. The van der Waals surface area contributed by atoms with Crippen molar-refractivity contribution in [2.45, 2.75) is 325 Å². The molecule has 0 aromatic rings. The number of aliphatic hydroxyl groups is 8. The van der Waals surface area contributed by atoms with Crippen LogP contribution in [0.3, 0.4) is 0 Å². The average molecular weight is 1040 g/mol. The predicted molar refractivity (Wildman–Crippen MR) is 291 cm³/mol. The van der Waals surface area contributed by atoms with Crippen LogP contribution in [0.25, 0.3) is 0 Å². The van der Waals surface area contributed by atoms with Gasteiger partial charge >= 0.3 is 0 Å². The molecule has 12 unspecified atom stereocenters. The number of hydrogen-bond donors (Lipinski definition) is 9. The van der Waals surface area contributed by atoms with Crippen LogP contribution >= 0.6 is 0 Å². The number of hydrogen-bond acceptors (Lipinski definition) is 13. The van der Waals surface area contributed by atoms with E-state index in [1.54, 1.807) is 6.08 Å². The van der Waals surface area contributed by atoms with Gasteiger partial charge in [-0.1, -0.05) is 231 Å². The van der Waals surface area contributed by atoms with E-state index in [-0.39, 0.29) is 18.9 Å². The van der Waals surface area contributed by atoms with Crippen LogP contribution in [0.4, 0.5) is 0 Å². The molecule has 2 saturated heterocycles. The zero-order valence-electron chi connectivity index (χ0n) is 46.1. The summed E-state index contributed by atoms with van der Waals surface area (Å²) in [6.45, 7) is 2.76. The Labute approximate surface area is 443 Å². The van der Waals surface area contributed by atoms with Crippen LogP contribution in [0, 0.1) is 0 Å². The molecule has 0 spiro atoms. The molecular formula is C59H111NO13. The van der Waals surface area contributed by atoms with E-state index in [1.165, 1.54) is 167 Å². The first-order valence-corrected chi connectivity index (χ1v) is 30.1. The Kier molecular flexibility index (Phi) is 42.1. The van der Waals surface area contributed by atoms with Gasteiger partial charge in [-0.25, -0.2) is 0 Å². The second-order valence-electron chi connectivity index (χ2n) is 21.5. The van der Waals surface area contributed by atoms with Crippen LogP contribution in [0.5, 0.6) is 0 Å². The third kappa shape index (κ3) is 31.5. The maximum Gasteiger partial charge on any atom is 0.220 e. The highest BCUT2D eigenvalue weighted by atomic mass is 16.7. The Hall–Kier alpha value is -1.53. The van der Waals surface area contributed by atoms with Gasteiger partial charge < -0.3 is 65.1 Å². The average Bonchev–Trinajstić information content (AvgIpc) is 3.39. The van der Waals surface area contributed by atoms with Crippen molar-refractivity contribution in [2.75, 3.05) is 19.8 Å². The van der Waals surface area contributed by atoms with E-state index in [2.05, 4.69) is 31.3 Å². The Balaban J connectivity index is 1.69. The van der Waals surface area contributed by atoms with E-state index in [4.69, 9.17) is 18.9 Å². The number of amides is 1. The SMILES string of the molecule is CCCC/C=C\CCCCCCCC(=O)NC(COC1OC(CO)C(OC2OC(CO)C(O)C(O)C2O)C(O)C1O)C(O)/C=C/CCCCCCCCCCCCCCCCCCCCCCCCCCCC. The molecule has 0 aromatic heterocycles. The van der Waals surface area contributed by atoms with Crippen LogP contribution in [0.2, 0.25) is 0 Å². The summed E-state index contributed by atoms with van der Waals surface area (Å²) in [5.41, 5.74) is 0. The number of allylic oxidation sites excluding steroid dienone is 3. The Bertz CT molecular complexity index is 1320. The highest BCUT2D eigenvalue weighted by molar-refractivity contribution is 5.76. The van der Waals surface area contributed by atoms with Crippen molar-refractivity contribution in [1.82, 2.24) is 5.32 Å². The molecule has 14 heteroatoms. The number of aliphatic hydroxyl groups excluding tert-OH is 8. The number of nitrogens with one attached hydrogen (secondary N) is 1. The van der Waals surface area contributed by atoms with E-state index >= 15 is 0 Å². The standard InChI is InChI=1S/C59H111NO13/c1-3-5-7-9-11-13-15-16-17-18-19-20-21-22-23-24-25-26-27-28-29-30-31-33-34-36-38-40-42-48(63)47(60-51(64)43-41-39-37-35-32-14-12-10-8-6-4-2)46-70-58-56(69)54(67)57(50(45-62)72-58)73-59-55(68)53(66)52(65)49(44-61)71-59/h10,12,40,42,47-50,52-59,61-63,65-69H,3-9,11,13-39,41,43-46H2,1-2H3,(H,60,64)/b12-10-,42-40+. The fourth-order valence-corrected chi connectivity index (χ4v) is 9.98. The summed E-state index contributed by atoms with van der Waals surface area (Å²) in [5, 5.41) is 86.9. The third-order valence-corrected chi connectivity index (χ3v) is 14.9. The van der Waals surface area contributed by atoms with Gasteiger partial charge in [0.25, 0.3) is 0 Å². The third-order valence-electron chi connectivity index (χ3n) is 14.9. The molecule has 1 amide bonds. The molecule has 0 saturated carbocycles. The highest BCUT2D eigenvalue weighted by Crippen LogP contribution is 2.30. The lowest BCUT2D eigenvalue weighted by Crippen LogP contribution is -2.65. The lowest BCUT2D eigenvalue weighted by atomic mass is 9.97. The molecule has 2 aliphatic rings. The summed E-state index contributed by atoms with van der Waals surface area (Å²) in [7, 11) is 0. The van der Waals surface area contributed by atoms with Crippen LogP contribution in [-0.4, -0.2) is 140 Å². The molecule has 0 aliphatic carbocycles. The molecule has 73 heavy (non-hydrogen) atoms. The van der Waals surface area contributed by atoms with Crippen LogP contribution < -0.4 is 5.32 Å². The lowest BCUT2D eigenvalue weighted by molar-refractivity contribution is -0.359. The minimum Gasteiger partial charge on any atom is -0.394 e. The summed E-state index contributed by atoms with van der Waals surface area (Å²) in [4.78, 5) is 13.2. The number of rotatable bonds is 48. The smallest absolute Gasteiger partial charge is 0.220 e. The number of unbranched alkanes of at least 4 members (excludes halogenated alkanes) is 33. The van der Waals surface area contributed by atoms with Crippen LogP contribution in [0.15, 0.2) is 24.3 Å². The molecule has 2 heterocycles. The molecule has 2 rings (SSSR count). The molecule has 0 aromatic carbocycles. The van der Waals surface area contributed by atoms with Gasteiger partial charge in [0.2, 0.25) is 5.91 Å². The maximum absolute atomic E-state index is 13.2. The Morgan fingerprint density at radius 1 is 0.479 bits per heavy atom. The zero-order chi connectivity index (χ0) is 53.2. The molecule has 0 radical (unpaired) electrons. The fraction of sp³-hybridized carbons (Fsp3) is 0.915. The van der Waals surface area contributed by atoms with E-state index in [9.17, 15) is 45.6 Å². The number of carbonyl (C=O) groups is 1. The molecule has 9 N–H and O–H groups in total. The van der Waals surface area contributed by atoms with Gasteiger partial charge in [-0.05, 0) is 38.5 Å². The summed E-state index contributed by atoms with van der Waals surface area (Å²) >= 11 is 0. The summed E-state index contributed by atoms with van der Waals surface area (Å²) in [5.74, 6) is -0.248. The maximum atomic E-state index is 13.2. The molecule has 14 nitrogen and oxygen atoms in total. The molecule has 430 valence electrons. The van der Waals surface area contributed by atoms with E-state index in [0.717, 1.165) is 57.8 Å². The van der Waals surface area contributed by atoms with Gasteiger partial charge in [0, 0.05) is 6.42 Å². The van der Waals surface area contributed by atoms with Crippen LogP contribution in [0.1, 0.15) is 251 Å². The van der Waals surface area contributed by atoms with Crippen molar-refractivity contribution >= 4 is 5.91 Å². The molecular weight excluding hydrogens is 931 g/mol. The highest BCUT2D eigenvalue weighted by Gasteiger charge is 2.51. The van der Waals surface area contributed by atoms with Crippen molar-refractivity contribution in [1.29, 1.82) is 0 Å². The van der Waals surface area contributed by atoms with Gasteiger partial charge in [0.05, 0.1) is 32.0 Å². The summed E-state index contributed by atoms with van der Waals surface area (Å²) in [6, 6.07) is -0.916. The van der Waals surface area contributed by atoms with Crippen LogP contribution in [-0.2, 0) is 23.7 Å². The van der Waals surface area contributed by atoms with Crippen molar-refractivity contribution in [2.24, 2.45) is 0 Å². The lowest BCUT2D eigenvalue weighted by Gasteiger charge is -2.46. The Morgan fingerprint density at radius 2 is 0.877 bits per heavy atom. The zero-order valence-corrected chi connectivity index (χ0v) is 46.1. The van der Waals surface area contributed by atoms with Crippen molar-refractivity contribution in [3.63, 3.8) is 0 Å². The summed E-state index contributed by atoms with van der Waals surface area (Å²) < 4.78 is 22.7. The fourth-order valence-electron chi connectivity index (χ4n) is 9.98. The summed E-state index contributed by atoms with van der Waals surface area (Å²) in [6.07, 6.45) is 36.7.